The fourth-order valence-electron chi connectivity index (χ4n) is 4.04. The zero-order valence-electron chi connectivity index (χ0n) is 16.7. The van der Waals surface area contributed by atoms with E-state index in [4.69, 9.17) is 4.74 Å². The maximum Gasteiger partial charge on any atom is 0.231 e. The summed E-state index contributed by atoms with van der Waals surface area (Å²) < 4.78 is 5.26. The molecule has 4 rings (SSSR count). The molecule has 1 saturated carbocycles. The molecule has 0 spiro atoms. The fraction of sp³-hybridized carbons (Fsp3) is 0.364. The van der Waals surface area contributed by atoms with E-state index < -0.39 is 5.41 Å². The van der Waals surface area contributed by atoms with Crippen molar-refractivity contribution in [1.82, 2.24) is 25.5 Å². The van der Waals surface area contributed by atoms with Crippen LogP contribution in [0.25, 0.3) is 11.4 Å². The lowest BCUT2D eigenvalue weighted by atomic mass is 9.77. The molecule has 2 N–H and O–H groups in total. The van der Waals surface area contributed by atoms with Gasteiger partial charge in [-0.05, 0) is 49.6 Å². The second-order valence-electron chi connectivity index (χ2n) is 7.49. The summed E-state index contributed by atoms with van der Waals surface area (Å²) in [6, 6.07) is 11.3. The van der Waals surface area contributed by atoms with Crippen LogP contribution in [-0.2, 0) is 10.2 Å². The van der Waals surface area contributed by atoms with Gasteiger partial charge < -0.3 is 10.1 Å². The van der Waals surface area contributed by atoms with Gasteiger partial charge in [0.25, 0.3) is 0 Å². The summed E-state index contributed by atoms with van der Waals surface area (Å²) in [5, 5.41) is 10.4. The van der Waals surface area contributed by atoms with Gasteiger partial charge in [0, 0.05) is 18.0 Å². The van der Waals surface area contributed by atoms with Gasteiger partial charge in [-0.25, -0.2) is 4.98 Å². The third-order valence-corrected chi connectivity index (χ3v) is 5.73. The normalized spacial score (nSPS) is 16.3. The van der Waals surface area contributed by atoms with E-state index in [0.717, 1.165) is 42.6 Å². The Hall–Kier alpha value is -3.22. The Kier molecular flexibility index (Phi) is 5.29. The van der Waals surface area contributed by atoms with Crippen molar-refractivity contribution in [2.75, 3.05) is 7.11 Å². The Morgan fingerprint density at radius 3 is 2.48 bits per heavy atom. The molecule has 1 aromatic carbocycles. The molecule has 0 unspecified atom stereocenters. The van der Waals surface area contributed by atoms with Crippen LogP contribution in [-0.4, -0.2) is 33.2 Å². The summed E-state index contributed by atoms with van der Waals surface area (Å²) >= 11 is 0. The fourth-order valence-corrected chi connectivity index (χ4v) is 4.04. The zero-order chi connectivity index (χ0) is 20.3. The SMILES string of the molecule is COc1ccc(C2(C(=O)N[C@@H](C)c3nc(-c4ccncc4)n[nH]3)CCCC2)cc1. The molecule has 0 bridgehead atoms. The predicted molar refractivity (Wildman–Crippen MR) is 109 cm³/mol. The minimum absolute atomic E-state index is 0.0366. The molecule has 150 valence electrons. The highest BCUT2D eigenvalue weighted by molar-refractivity contribution is 5.89. The van der Waals surface area contributed by atoms with Crippen LogP contribution in [0.3, 0.4) is 0 Å². The first kappa shape index (κ1) is 19.1. The number of nitrogens with zero attached hydrogens (tertiary/aromatic N) is 3. The van der Waals surface area contributed by atoms with Crippen LogP contribution < -0.4 is 10.1 Å². The van der Waals surface area contributed by atoms with Gasteiger partial charge in [0.05, 0.1) is 18.6 Å². The largest absolute Gasteiger partial charge is 0.497 e. The Morgan fingerprint density at radius 2 is 1.83 bits per heavy atom. The van der Waals surface area contributed by atoms with Crippen LogP contribution in [0, 0.1) is 0 Å². The molecule has 7 heteroatoms. The third-order valence-electron chi connectivity index (χ3n) is 5.73. The molecule has 0 saturated heterocycles. The molecular weight excluding hydrogens is 366 g/mol. The minimum Gasteiger partial charge on any atom is -0.497 e. The van der Waals surface area contributed by atoms with Crippen molar-refractivity contribution < 1.29 is 9.53 Å². The predicted octanol–water partition coefficient (Wildman–Crippen LogP) is 3.56. The summed E-state index contributed by atoms with van der Waals surface area (Å²) in [7, 11) is 1.65. The van der Waals surface area contributed by atoms with Crippen LogP contribution in [0.1, 0.15) is 50.0 Å². The summed E-state index contributed by atoms with van der Waals surface area (Å²) in [5.41, 5.74) is 1.41. The summed E-state index contributed by atoms with van der Waals surface area (Å²) in [4.78, 5) is 21.9. The van der Waals surface area contributed by atoms with Gasteiger partial charge in [0.15, 0.2) is 5.82 Å². The van der Waals surface area contributed by atoms with E-state index in [1.165, 1.54) is 0 Å². The van der Waals surface area contributed by atoms with Gasteiger partial charge in [-0.1, -0.05) is 25.0 Å². The number of carbonyl (C=O) groups excluding carboxylic acids is 1. The number of amides is 1. The molecule has 7 nitrogen and oxygen atoms in total. The average molecular weight is 391 g/mol. The number of nitrogens with one attached hydrogen (secondary N) is 2. The number of H-pyrrole nitrogens is 1. The van der Waals surface area contributed by atoms with E-state index in [2.05, 4.69) is 25.5 Å². The van der Waals surface area contributed by atoms with Gasteiger partial charge in [-0.3, -0.25) is 14.9 Å². The highest BCUT2D eigenvalue weighted by Crippen LogP contribution is 2.42. The topological polar surface area (TPSA) is 92.8 Å². The van der Waals surface area contributed by atoms with Gasteiger partial charge in [-0.2, -0.15) is 5.10 Å². The maximum atomic E-state index is 13.4. The second-order valence-corrected chi connectivity index (χ2v) is 7.49. The Balaban J connectivity index is 1.53. The van der Waals surface area contributed by atoms with Crippen molar-refractivity contribution in [3.63, 3.8) is 0 Å². The van der Waals surface area contributed by atoms with E-state index in [0.29, 0.717) is 11.6 Å². The van der Waals surface area contributed by atoms with Crippen LogP contribution in [0.5, 0.6) is 5.75 Å². The number of aromatic nitrogens is 4. The molecule has 2 aromatic heterocycles. The Morgan fingerprint density at radius 1 is 1.14 bits per heavy atom. The summed E-state index contributed by atoms with van der Waals surface area (Å²) in [5.74, 6) is 2.05. The molecule has 0 radical (unpaired) electrons. The number of aromatic amines is 1. The number of carbonyl (C=O) groups is 1. The number of hydrogen-bond donors (Lipinski definition) is 2. The molecule has 1 aliphatic rings. The molecule has 1 fully saturated rings. The lowest BCUT2D eigenvalue weighted by molar-refractivity contribution is -0.127. The lowest BCUT2D eigenvalue weighted by Gasteiger charge is -2.29. The molecule has 3 aromatic rings. The van der Waals surface area contributed by atoms with Crippen LogP contribution in [0.2, 0.25) is 0 Å². The number of ether oxygens (including phenoxy) is 1. The summed E-state index contributed by atoms with van der Waals surface area (Å²) in [6.07, 6.45) is 7.18. The average Bonchev–Trinajstić information content (AvgIpc) is 3.45. The number of benzene rings is 1. The Bertz CT molecular complexity index is 962. The van der Waals surface area contributed by atoms with Crippen molar-refractivity contribution in [2.24, 2.45) is 0 Å². The van der Waals surface area contributed by atoms with Gasteiger partial charge in [0.2, 0.25) is 5.91 Å². The van der Waals surface area contributed by atoms with Crippen molar-refractivity contribution >= 4 is 5.91 Å². The molecule has 1 amide bonds. The van der Waals surface area contributed by atoms with Crippen LogP contribution in [0.15, 0.2) is 48.8 Å². The highest BCUT2D eigenvalue weighted by atomic mass is 16.5. The van der Waals surface area contributed by atoms with Crippen molar-refractivity contribution in [2.45, 2.75) is 44.1 Å². The quantitative estimate of drug-likeness (QED) is 0.670. The highest BCUT2D eigenvalue weighted by Gasteiger charge is 2.43. The van der Waals surface area contributed by atoms with Gasteiger partial charge >= 0.3 is 0 Å². The molecule has 1 aliphatic carbocycles. The van der Waals surface area contributed by atoms with E-state index in [-0.39, 0.29) is 11.9 Å². The molecule has 1 atom stereocenters. The van der Waals surface area contributed by atoms with E-state index in [1.54, 1.807) is 19.5 Å². The standard InChI is InChI=1S/C22H25N5O2/c1-15(19-25-20(27-26-19)16-9-13-23-14-10-16)24-21(28)22(11-3-4-12-22)17-5-7-18(29-2)8-6-17/h5-10,13-15H,3-4,11-12H2,1-2H3,(H,24,28)(H,25,26,27)/t15-/m0/s1. The molecule has 29 heavy (non-hydrogen) atoms. The Labute approximate surface area is 169 Å². The zero-order valence-corrected chi connectivity index (χ0v) is 16.7. The van der Waals surface area contributed by atoms with Crippen LogP contribution in [0.4, 0.5) is 0 Å². The van der Waals surface area contributed by atoms with Crippen LogP contribution >= 0.6 is 0 Å². The number of hydrogen-bond acceptors (Lipinski definition) is 5. The van der Waals surface area contributed by atoms with Gasteiger partial charge in [0.1, 0.15) is 11.6 Å². The number of rotatable bonds is 6. The molecule has 2 heterocycles. The summed E-state index contributed by atoms with van der Waals surface area (Å²) in [6.45, 7) is 1.92. The van der Waals surface area contributed by atoms with E-state index in [9.17, 15) is 4.79 Å². The van der Waals surface area contributed by atoms with Crippen molar-refractivity contribution in [3.8, 4) is 17.1 Å². The minimum atomic E-state index is -0.505. The van der Waals surface area contributed by atoms with Gasteiger partial charge in [-0.15, -0.1) is 0 Å². The lowest BCUT2D eigenvalue weighted by Crippen LogP contribution is -2.43. The number of methoxy groups -OCH3 is 1. The second kappa shape index (κ2) is 8.03. The van der Waals surface area contributed by atoms with E-state index >= 15 is 0 Å². The van der Waals surface area contributed by atoms with E-state index in [1.807, 2.05) is 43.3 Å². The van der Waals surface area contributed by atoms with Crippen molar-refractivity contribution in [3.05, 3.63) is 60.2 Å². The first-order valence-electron chi connectivity index (χ1n) is 9.90. The maximum absolute atomic E-state index is 13.4. The molecule has 0 aliphatic heterocycles. The monoisotopic (exact) mass is 391 g/mol. The molecular formula is C22H25N5O2. The first-order chi connectivity index (χ1) is 14.1. The third kappa shape index (κ3) is 3.72. The smallest absolute Gasteiger partial charge is 0.231 e. The first-order valence-corrected chi connectivity index (χ1v) is 9.90. The van der Waals surface area contributed by atoms with Crippen molar-refractivity contribution in [1.29, 1.82) is 0 Å². The number of pyridine rings is 1.